The summed E-state index contributed by atoms with van der Waals surface area (Å²) in [5.74, 6) is 1.50. The van der Waals surface area contributed by atoms with Crippen LogP contribution in [0.15, 0.2) is 6.07 Å². The molecule has 3 heteroatoms. The van der Waals surface area contributed by atoms with E-state index in [4.69, 9.17) is 0 Å². The van der Waals surface area contributed by atoms with Crippen LogP contribution in [0.25, 0.3) is 0 Å². The van der Waals surface area contributed by atoms with Gasteiger partial charge in [0.15, 0.2) is 0 Å². The third-order valence-electron chi connectivity index (χ3n) is 3.03. The van der Waals surface area contributed by atoms with Crippen molar-refractivity contribution in [2.45, 2.75) is 32.6 Å². The highest BCUT2D eigenvalue weighted by atomic mass is 15.1. The van der Waals surface area contributed by atoms with Crippen molar-refractivity contribution in [3.05, 3.63) is 23.3 Å². The molecule has 1 aromatic rings. The lowest BCUT2D eigenvalue weighted by atomic mass is 9.94. The van der Waals surface area contributed by atoms with Crippen molar-refractivity contribution in [1.29, 1.82) is 0 Å². The van der Waals surface area contributed by atoms with Gasteiger partial charge in [0.2, 0.25) is 0 Å². The van der Waals surface area contributed by atoms with E-state index in [-0.39, 0.29) is 0 Å². The molecular weight excluding hydrogens is 186 g/mol. The zero-order valence-electron chi connectivity index (χ0n) is 9.82. The number of aromatic nitrogens is 2. The molecule has 1 fully saturated rings. The van der Waals surface area contributed by atoms with E-state index in [1.807, 2.05) is 13.8 Å². The second-order valence-electron chi connectivity index (χ2n) is 4.58. The van der Waals surface area contributed by atoms with Gasteiger partial charge in [0, 0.05) is 23.9 Å². The van der Waals surface area contributed by atoms with Crippen LogP contribution in [0.1, 0.15) is 36.0 Å². The normalized spacial score (nSPS) is 23.0. The van der Waals surface area contributed by atoms with Gasteiger partial charge in [0.25, 0.3) is 0 Å². The molecule has 82 valence electrons. The van der Waals surface area contributed by atoms with E-state index in [0.717, 1.165) is 18.1 Å². The maximum Gasteiger partial charge on any atom is 0.125 e. The van der Waals surface area contributed by atoms with Gasteiger partial charge in [-0.2, -0.15) is 0 Å². The molecule has 1 saturated heterocycles. The maximum atomic E-state index is 4.55. The van der Waals surface area contributed by atoms with Crippen molar-refractivity contribution in [2.75, 3.05) is 20.1 Å². The molecule has 0 saturated carbocycles. The summed E-state index contributed by atoms with van der Waals surface area (Å²) in [4.78, 5) is 11.3. The summed E-state index contributed by atoms with van der Waals surface area (Å²) in [6.45, 7) is 6.38. The van der Waals surface area contributed by atoms with E-state index >= 15 is 0 Å². The topological polar surface area (TPSA) is 29.0 Å². The van der Waals surface area contributed by atoms with E-state index in [2.05, 4.69) is 28.0 Å². The quantitative estimate of drug-likeness (QED) is 0.701. The van der Waals surface area contributed by atoms with E-state index < -0.39 is 0 Å². The molecule has 3 nitrogen and oxygen atoms in total. The summed E-state index contributed by atoms with van der Waals surface area (Å²) in [7, 11) is 2.19. The van der Waals surface area contributed by atoms with E-state index in [0.29, 0.717) is 5.92 Å². The number of hydrogen-bond acceptors (Lipinski definition) is 3. The molecule has 0 aliphatic carbocycles. The Morgan fingerprint density at radius 3 is 2.80 bits per heavy atom. The van der Waals surface area contributed by atoms with Crippen LogP contribution in [-0.2, 0) is 0 Å². The van der Waals surface area contributed by atoms with Gasteiger partial charge in [0.1, 0.15) is 5.82 Å². The largest absolute Gasteiger partial charge is 0.306 e. The molecular formula is C12H19N3. The van der Waals surface area contributed by atoms with Gasteiger partial charge >= 0.3 is 0 Å². The molecule has 1 atom stereocenters. The Morgan fingerprint density at radius 1 is 1.33 bits per heavy atom. The van der Waals surface area contributed by atoms with E-state index in [9.17, 15) is 0 Å². The molecule has 1 aromatic heterocycles. The Bertz CT molecular complexity index is 328. The average Bonchev–Trinajstić information content (AvgIpc) is 2.16. The molecule has 1 aliphatic heterocycles. The number of aryl methyl sites for hydroxylation is 2. The van der Waals surface area contributed by atoms with Gasteiger partial charge < -0.3 is 4.90 Å². The van der Waals surface area contributed by atoms with Crippen molar-refractivity contribution >= 4 is 0 Å². The molecule has 0 aromatic carbocycles. The molecule has 0 spiro atoms. The first-order valence-electron chi connectivity index (χ1n) is 5.66. The predicted molar refractivity (Wildman–Crippen MR) is 61.0 cm³/mol. The fourth-order valence-corrected chi connectivity index (χ4v) is 2.36. The van der Waals surface area contributed by atoms with Crippen LogP contribution >= 0.6 is 0 Å². The summed E-state index contributed by atoms with van der Waals surface area (Å²) < 4.78 is 0. The third-order valence-corrected chi connectivity index (χ3v) is 3.03. The number of likely N-dealkylation sites (N-methyl/N-ethyl adjacent to an activating group) is 1. The highest BCUT2D eigenvalue weighted by Gasteiger charge is 2.20. The van der Waals surface area contributed by atoms with Crippen molar-refractivity contribution < 1.29 is 0 Å². The highest BCUT2D eigenvalue weighted by Crippen LogP contribution is 2.24. The molecule has 0 bridgehead atoms. The summed E-state index contributed by atoms with van der Waals surface area (Å²) >= 11 is 0. The Balaban J connectivity index is 2.20. The Morgan fingerprint density at radius 2 is 2.13 bits per heavy atom. The van der Waals surface area contributed by atoms with Gasteiger partial charge in [-0.05, 0) is 46.3 Å². The molecule has 0 radical (unpaired) electrons. The van der Waals surface area contributed by atoms with Crippen LogP contribution in [-0.4, -0.2) is 35.0 Å². The van der Waals surface area contributed by atoms with Crippen molar-refractivity contribution in [3.63, 3.8) is 0 Å². The number of hydrogen-bond donors (Lipinski definition) is 0. The molecule has 2 heterocycles. The maximum absolute atomic E-state index is 4.55. The number of likely N-dealkylation sites (tertiary alicyclic amines) is 1. The van der Waals surface area contributed by atoms with E-state index in [1.165, 1.54) is 25.1 Å². The van der Waals surface area contributed by atoms with E-state index in [1.54, 1.807) is 0 Å². The molecule has 15 heavy (non-hydrogen) atoms. The van der Waals surface area contributed by atoms with Crippen molar-refractivity contribution in [1.82, 2.24) is 14.9 Å². The Labute approximate surface area is 91.5 Å². The minimum Gasteiger partial charge on any atom is -0.306 e. The first-order chi connectivity index (χ1) is 7.15. The number of piperidine rings is 1. The van der Waals surface area contributed by atoms with Gasteiger partial charge in [-0.1, -0.05) is 0 Å². The minimum atomic E-state index is 0.601. The lowest BCUT2D eigenvalue weighted by Gasteiger charge is -2.29. The molecule has 0 N–H and O–H groups in total. The summed E-state index contributed by atoms with van der Waals surface area (Å²) in [6, 6.07) is 2.14. The van der Waals surface area contributed by atoms with Crippen LogP contribution in [0, 0.1) is 13.8 Å². The molecule has 1 unspecified atom stereocenters. The van der Waals surface area contributed by atoms with Gasteiger partial charge in [0.05, 0.1) is 0 Å². The van der Waals surface area contributed by atoms with Gasteiger partial charge in [-0.15, -0.1) is 0 Å². The molecule has 2 rings (SSSR count). The fourth-order valence-electron chi connectivity index (χ4n) is 2.36. The first kappa shape index (κ1) is 10.6. The SMILES string of the molecule is Cc1cc(C2CCCN(C)C2)nc(C)n1. The zero-order chi connectivity index (χ0) is 10.8. The molecule has 1 aliphatic rings. The van der Waals surface area contributed by atoms with Crippen LogP contribution < -0.4 is 0 Å². The molecule has 0 amide bonds. The zero-order valence-corrected chi connectivity index (χ0v) is 9.82. The van der Waals surface area contributed by atoms with Gasteiger partial charge in [-0.3, -0.25) is 0 Å². The minimum absolute atomic E-state index is 0.601. The van der Waals surface area contributed by atoms with Gasteiger partial charge in [-0.25, -0.2) is 9.97 Å². The smallest absolute Gasteiger partial charge is 0.125 e. The third kappa shape index (κ3) is 2.53. The standard InChI is InChI=1S/C12H19N3/c1-9-7-12(14-10(2)13-9)11-5-4-6-15(3)8-11/h7,11H,4-6,8H2,1-3H3. The van der Waals surface area contributed by atoms with Crippen LogP contribution in [0.3, 0.4) is 0 Å². The van der Waals surface area contributed by atoms with Crippen LogP contribution in [0.5, 0.6) is 0 Å². The fraction of sp³-hybridized carbons (Fsp3) is 0.667. The Hall–Kier alpha value is -0.960. The van der Waals surface area contributed by atoms with Crippen molar-refractivity contribution in [3.8, 4) is 0 Å². The van der Waals surface area contributed by atoms with Crippen LogP contribution in [0.2, 0.25) is 0 Å². The average molecular weight is 205 g/mol. The van der Waals surface area contributed by atoms with Crippen molar-refractivity contribution in [2.24, 2.45) is 0 Å². The van der Waals surface area contributed by atoms with Crippen LogP contribution in [0.4, 0.5) is 0 Å². The monoisotopic (exact) mass is 205 g/mol. The second-order valence-corrected chi connectivity index (χ2v) is 4.58. The summed E-state index contributed by atoms with van der Waals surface area (Å²) in [6.07, 6.45) is 2.55. The lowest BCUT2D eigenvalue weighted by Crippen LogP contribution is -2.31. The first-order valence-corrected chi connectivity index (χ1v) is 5.66. The Kier molecular flexibility index (Phi) is 3.00. The number of rotatable bonds is 1. The summed E-state index contributed by atoms with van der Waals surface area (Å²) in [5, 5.41) is 0. The highest BCUT2D eigenvalue weighted by molar-refractivity contribution is 5.15. The summed E-state index contributed by atoms with van der Waals surface area (Å²) in [5.41, 5.74) is 2.32. The number of nitrogens with zero attached hydrogens (tertiary/aromatic N) is 3. The predicted octanol–water partition coefficient (Wildman–Crippen LogP) is 1.90. The lowest BCUT2D eigenvalue weighted by molar-refractivity contribution is 0.248. The second kappa shape index (κ2) is 4.27.